The molecular weight excluding hydrogens is 504 g/mol. The van der Waals surface area contributed by atoms with Gasteiger partial charge in [-0.15, -0.1) is 11.3 Å². The van der Waals surface area contributed by atoms with Gasteiger partial charge >= 0.3 is 0 Å². The highest BCUT2D eigenvalue weighted by Crippen LogP contribution is 2.40. The van der Waals surface area contributed by atoms with Crippen LogP contribution in [0.3, 0.4) is 0 Å². The molecule has 0 N–H and O–H groups in total. The van der Waals surface area contributed by atoms with E-state index in [-0.39, 0.29) is 22.3 Å². The van der Waals surface area contributed by atoms with E-state index in [1.807, 2.05) is 60.7 Å². The maximum absolute atomic E-state index is 13.6. The molecule has 4 aromatic rings. The number of carbonyl (C=O) groups excluding carboxylic acids is 2. The second kappa shape index (κ2) is 9.52. The Kier molecular flexibility index (Phi) is 6.18. The Bertz CT molecular complexity index is 1600. The highest BCUT2D eigenvalue weighted by molar-refractivity contribution is 7.91. The van der Waals surface area contributed by atoms with Crippen LogP contribution in [-0.2, 0) is 27.8 Å². The van der Waals surface area contributed by atoms with Crippen LogP contribution in [0.25, 0.3) is 10.8 Å². The fourth-order valence-electron chi connectivity index (χ4n) is 5.53. The molecule has 1 aromatic heterocycles. The van der Waals surface area contributed by atoms with Crippen molar-refractivity contribution in [1.29, 1.82) is 0 Å². The highest BCUT2D eigenvalue weighted by atomic mass is 32.2. The Morgan fingerprint density at radius 2 is 1.78 bits per heavy atom. The van der Waals surface area contributed by atoms with E-state index in [1.165, 1.54) is 15.6 Å². The van der Waals surface area contributed by atoms with Crippen LogP contribution in [-0.4, -0.2) is 37.0 Å². The van der Waals surface area contributed by atoms with Crippen molar-refractivity contribution in [1.82, 2.24) is 4.31 Å². The molecule has 1 unspecified atom stereocenters. The van der Waals surface area contributed by atoms with E-state index in [9.17, 15) is 18.0 Å². The molecule has 0 saturated carbocycles. The molecule has 1 saturated heterocycles. The van der Waals surface area contributed by atoms with Crippen molar-refractivity contribution in [2.24, 2.45) is 0 Å². The number of sulfonamides is 1. The molecule has 6 nitrogen and oxygen atoms in total. The fourth-order valence-corrected chi connectivity index (χ4v) is 8.33. The van der Waals surface area contributed by atoms with Crippen LogP contribution in [0, 0.1) is 0 Å². The van der Waals surface area contributed by atoms with Crippen LogP contribution in [0.5, 0.6) is 0 Å². The standard InChI is InChI=1S/C29H26N2O4S2/c32-26(24-12-4-5-16-31(24)37(34,35)27-13-7-17-36-27)18-21-14-15-25-28-22(21)10-6-11-23(28)29(33)30(25)19-20-8-2-1-3-9-20/h1-3,6-11,13-15,17,24H,4-5,12,16,18-19H2. The number of hydrogen-bond donors (Lipinski definition) is 0. The second-order valence-electron chi connectivity index (χ2n) is 9.55. The van der Waals surface area contributed by atoms with Gasteiger partial charge in [0.2, 0.25) is 0 Å². The van der Waals surface area contributed by atoms with E-state index < -0.39 is 16.1 Å². The first-order valence-corrected chi connectivity index (χ1v) is 14.8. The Morgan fingerprint density at radius 1 is 0.946 bits per heavy atom. The lowest BCUT2D eigenvalue weighted by Crippen LogP contribution is -2.48. The number of amides is 1. The molecule has 2 aliphatic rings. The largest absolute Gasteiger partial charge is 0.303 e. The van der Waals surface area contributed by atoms with Crippen LogP contribution >= 0.6 is 11.3 Å². The summed E-state index contributed by atoms with van der Waals surface area (Å²) < 4.78 is 28.2. The lowest BCUT2D eigenvalue weighted by molar-refractivity contribution is -0.122. The normalized spacial score (nSPS) is 18.0. The third kappa shape index (κ3) is 4.19. The van der Waals surface area contributed by atoms with Crippen molar-refractivity contribution < 1.29 is 18.0 Å². The number of thiophene rings is 1. The molecule has 0 spiro atoms. The van der Waals surface area contributed by atoms with Gasteiger partial charge in [0, 0.05) is 23.9 Å². The molecule has 8 heteroatoms. The first-order valence-electron chi connectivity index (χ1n) is 12.4. The summed E-state index contributed by atoms with van der Waals surface area (Å²) in [5.74, 6) is -0.153. The van der Waals surface area contributed by atoms with Gasteiger partial charge < -0.3 is 4.90 Å². The number of ketones is 1. The minimum absolute atomic E-state index is 0.0478. The molecular formula is C29H26N2O4S2. The predicted octanol–water partition coefficient (Wildman–Crippen LogP) is 5.42. The molecule has 1 fully saturated rings. The van der Waals surface area contributed by atoms with Crippen LogP contribution in [0.4, 0.5) is 5.69 Å². The topological polar surface area (TPSA) is 74.8 Å². The summed E-state index contributed by atoms with van der Waals surface area (Å²) in [5.41, 5.74) is 3.34. The molecule has 0 bridgehead atoms. The summed E-state index contributed by atoms with van der Waals surface area (Å²) in [5, 5.41) is 3.47. The molecule has 2 aliphatic heterocycles. The predicted molar refractivity (Wildman–Crippen MR) is 145 cm³/mol. The first kappa shape index (κ1) is 24.0. The van der Waals surface area contributed by atoms with Crippen LogP contribution in [0.2, 0.25) is 0 Å². The summed E-state index contributed by atoms with van der Waals surface area (Å²) in [6, 6.07) is 22.0. The Labute approximate surface area is 220 Å². The average molecular weight is 531 g/mol. The Hall–Kier alpha value is -3.33. The van der Waals surface area contributed by atoms with Crippen molar-refractivity contribution in [3.63, 3.8) is 0 Å². The molecule has 1 amide bonds. The third-order valence-corrected chi connectivity index (χ3v) is 10.6. The van der Waals surface area contributed by atoms with E-state index in [4.69, 9.17) is 0 Å². The Balaban J connectivity index is 1.32. The number of rotatable bonds is 7. The van der Waals surface area contributed by atoms with Gasteiger partial charge in [-0.05, 0) is 52.9 Å². The lowest BCUT2D eigenvalue weighted by Gasteiger charge is -2.33. The van der Waals surface area contributed by atoms with Gasteiger partial charge in [0.15, 0.2) is 5.78 Å². The van der Waals surface area contributed by atoms with Crippen molar-refractivity contribution >= 4 is 49.5 Å². The number of piperidine rings is 1. The lowest BCUT2D eigenvalue weighted by atomic mass is 9.93. The summed E-state index contributed by atoms with van der Waals surface area (Å²) in [6.45, 7) is 0.822. The quantitative estimate of drug-likeness (QED) is 0.320. The van der Waals surface area contributed by atoms with Gasteiger partial charge in [-0.1, -0.05) is 61.0 Å². The van der Waals surface area contributed by atoms with E-state index in [0.29, 0.717) is 25.1 Å². The zero-order valence-corrected chi connectivity index (χ0v) is 21.8. The average Bonchev–Trinajstić information content (AvgIpc) is 3.56. The van der Waals surface area contributed by atoms with Gasteiger partial charge in [0.1, 0.15) is 4.21 Å². The molecule has 0 radical (unpaired) electrons. The van der Waals surface area contributed by atoms with Crippen molar-refractivity contribution in [3.8, 4) is 0 Å². The molecule has 1 atom stereocenters. The second-order valence-corrected chi connectivity index (χ2v) is 12.6. The maximum Gasteiger partial charge on any atom is 0.259 e. The van der Waals surface area contributed by atoms with Crippen LogP contribution in [0.15, 0.2) is 82.4 Å². The first-order chi connectivity index (χ1) is 17.9. The smallest absolute Gasteiger partial charge is 0.259 e. The SMILES string of the molecule is O=C(Cc1ccc2c3c(cccc13)C(=O)N2Cc1ccccc1)C1CCCCN1S(=O)(=O)c1cccs1. The molecule has 188 valence electrons. The van der Waals surface area contributed by atoms with E-state index in [2.05, 4.69) is 0 Å². The summed E-state index contributed by atoms with van der Waals surface area (Å²) in [7, 11) is -3.72. The van der Waals surface area contributed by atoms with Gasteiger partial charge in [0.25, 0.3) is 15.9 Å². The number of carbonyl (C=O) groups is 2. The molecule has 3 heterocycles. The summed E-state index contributed by atoms with van der Waals surface area (Å²) in [4.78, 5) is 28.7. The number of anilines is 1. The zero-order valence-electron chi connectivity index (χ0n) is 20.2. The van der Waals surface area contributed by atoms with Gasteiger partial charge in [0.05, 0.1) is 18.3 Å². The monoisotopic (exact) mass is 530 g/mol. The van der Waals surface area contributed by atoms with Gasteiger partial charge in [-0.25, -0.2) is 8.42 Å². The van der Waals surface area contributed by atoms with Gasteiger partial charge in [-0.3, -0.25) is 9.59 Å². The summed E-state index contributed by atoms with van der Waals surface area (Å²) in [6.07, 6.45) is 2.21. The Morgan fingerprint density at radius 3 is 2.57 bits per heavy atom. The van der Waals surface area contributed by atoms with Crippen LogP contribution in [0.1, 0.15) is 40.7 Å². The number of Topliss-reactive ketones (excluding diaryl/α,β-unsaturated/α-hetero) is 1. The number of benzene rings is 3. The van der Waals surface area contributed by atoms with Crippen LogP contribution < -0.4 is 4.90 Å². The maximum atomic E-state index is 13.6. The summed E-state index contributed by atoms with van der Waals surface area (Å²) >= 11 is 1.18. The highest BCUT2D eigenvalue weighted by Gasteiger charge is 2.38. The van der Waals surface area contributed by atoms with Crippen molar-refractivity contribution in [3.05, 3.63) is 94.9 Å². The fraction of sp³-hybridized carbons (Fsp3) is 0.241. The molecule has 0 aliphatic carbocycles. The van der Waals surface area contributed by atoms with E-state index in [0.717, 1.165) is 40.4 Å². The van der Waals surface area contributed by atoms with Crippen molar-refractivity contribution in [2.75, 3.05) is 11.4 Å². The minimum atomic E-state index is -3.72. The molecule has 3 aromatic carbocycles. The zero-order chi connectivity index (χ0) is 25.6. The van der Waals surface area contributed by atoms with Gasteiger partial charge in [-0.2, -0.15) is 4.31 Å². The minimum Gasteiger partial charge on any atom is -0.303 e. The number of nitrogens with zero attached hydrogens (tertiary/aromatic N) is 2. The van der Waals surface area contributed by atoms with E-state index >= 15 is 0 Å². The van der Waals surface area contributed by atoms with Crippen molar-refractivity contribution in [2.45, 2.75) is 42.5 Å². The number of hydrogen-bond acceptors (Lipinski definition) is 5. The van der Waals surface area contributed by atoms with E-state index in [1.54, 1.807) is 22.4 Å². The third-order valence-electron chi connectivity index (χ3n) is 7.31. The molecule has 6 rings (SSSR count). The molecule has 37 heavy (non-hydrogen) atoms.